The lowest BCUT2D eigenvalue weighted by Crippen LogP contribution is -2.30. The zero-order valence-electron chi connectivity index (χ0n) is 11.0. The molecule has 1 aromatic rings. The first-order valence-corrected chi connectivity index (χ1v) is 6.28. The van der Waals surface area contributed by atoms with Gasteiger partial charge in [-0.2, -0.15) is 0 Å². The highest BCUT2D eigenvalue weighted by Crippen LogP contribution is 2.16. The number of nitrogens with zero attached hydrogens (tertiary/aromatic N) is 2. The molecule has 1 aliphatic rings. The third kappa shape index (κ3) is 3.30. The summed E-state index contributed by atoms with van der Waals surface area (Å²) in [5.74, 6) is -0.907. The fourth-order valence-electron chi connectivity index (χ4n) is 1.83. The predicted octanol–water partition coefficient (Wildman–Crippen LogP) is 2.82. The van der Waals surface area contributed by atoms with Crippen molar-refractivity contribution < 1.29 is 8.78 Å². The minimum atomic E-state index is -0.829. The molecule has 0 spiro atoms. The molecular formula is C14H17F2N3. The summed E-state index contributed by atoms with van der Waals surface area (Å²) in [6, 6.07) is 3.78. The van der Waals surface area contributed by atoms with Gasteiger partial charge in [0.1, 0.15) is 12.5 Å². The first-order valence-electron chi connectivity index (χ1n) is 6.28. The number of benzene rings is 1. The molecular weight excluding hydrogens is 248 g/mol. The maximum Gasteiger partial charge on any atom is 0.159 e. The van der Waals surface area contributed by atoms with Gasteiger partial charge in [-0.3, -0.25) is 0 Å². The third-order valence-corrected chi connectivity index (χ3v) is 3.08. The van der Waals surface area contributed by atoms with Crippen LogP contribution in [0, 0.1) is 11.6 Å². The van der Waals surface area contributed by atoms with E-state index in [4.69, 9.17) is 0 Å². The minimum absolute atomic E-state index is 0.133. The molecule has 0 aliphatic carbocycles. The average molecular weight is 265 g/mol. The summed E-state index contributed by atoms with van der Waals surface area (Å²) < 4.78 is 26.0. The number of rotatable bonds is 3. The summed E-state index contributed by atoms with van der Waals surface area (Å²) in [7, 11) is 0. The Labute approximate surface area is 111 Å². The van der Waals surface area contributed by atoms with Crippen molar-refractivity contribution in [2.75, 3.05) is 13.2 Å². The molecule has 0 saturated carbocycles. The number of halogens is 2. The molecule has 0 fully saturated rings. The van der Waals surface area contributed by atoms with Crippen molar-refractivity contribution >= 4 is 5.84 Å². The highest BCUT2D eigenvalue weighted by Gasteiger charge is 2.11. The van der Waals surface area contributed by atoms with Crippen molar-refractivity contribution in [2.45, 2.75) is 19.9 Å². The van der Waals surface area contributed by atoms with Gasteiger partial charge in [0.15, 0.2) is 11.6 Å². The SMILES string of the molecule is CCN1C=CC(NC(C)c2ccc(F)c(F)c2)=NC1. The van der Waals surface area contributed by atoms with E-state index in [9.17, 15) is 8.78 Å². The van der Waals surface area contributed by atoms with Crippen molar-refractivity contribution in [3.05, 3.63) is 47.7 Å². The largest absolute Gasteiger partial charge is 0.364 e. The fourth-order valence-corrected chi connectivity index (χ4v) is 1.83. The maximum atomic E-state index is 13.2. The first kappa shape index (κ1) is 13.5. The second kappa shape index (κ2) is 5.82. The Balaban J connectivity index is 2.01. The summed E-state index contributed by atoms with van der Waals surface area (Å²) in [6.07, 6.45) is 3.84. The van der Waals surface area contributed by atoms with E-state index in [-0.39, 0.29) is 6.04 Å². The molecule has 0 saturated heterocycles. The van der Waals surface area contributed by atoms with Gasteiger partial charge in [-0.1, -0.05) is 6.07 Å². The van der Waals surface area contributed by atoms with Gasteiger partial charge in [0.2, 0.25) is 0 Å². The van der Waals surface area contributed by atoms with Crippen LogP contribution in [0.15, 0.2) is 35.5 Å². The maximum absolute atomic E-state index is 13.2. The zero-order valence-corrected chi connectivity index (χ0v) is 11.0. The zero-order chi connectivity index (χ0) is 13.8. The molecule has 1 aromatic carbocycles. The molecule has 0 amide bonds. The summed E-state index contributed by atoms with van der Waals surface area (Å²) in [5, 5.41) is 3.17. The lowest BCUT2D eigenvalue weighted by atomic mass is 10.1. The standard InChI is InChI=1S/C14H17F2N3/c1-3-19-7-6-14(17-9-19)18-10(2)11-4-5-12(15)13(16)8-11/h4-8,10H,3,9H2,1-2H3,(H,17,18). The second-order valence-electron chi connectivity index (χ2n) is 4.45. The van der Waals surface area contributed by atoms with Gasteiger partial charge in [-0.05, 0) is 37.6 Å². The third-order valence-electron chi connectivity index (χ3n) is 3.08. The summed E-state index contributed by atoms with van der Waals surface area (Å²) in [5.41, 5.74) is 0.688. The van der Waals surface area contributed by atoms with Gasteiger partial charge in [0, 0.05) is 12.7 Å². The van der Waals surface area contributed by atoms with E-state index in [1.807, 2.05) is 19.2 Å². The van der Waals surface area contributed by atoms with Crippen LogP contribution in [0.3, 0.4) is 0 Å². The first-order chi connectivity index (χ1) is 9.10. The Morgan fingerprint density at radius 2 is 2.16 bits per heavy atom. The van der Waals surface area contributed by atoms with Crippen LogP contribution in [0.25, 0.3) is 0 Å². The van der Waals surface area contributed by atoms with Gasteiger partial charge >= 0.3 is 0 Å². The highest BCUT2D eigenvalue weighted by molar-refractivity contribution is 5.93. The van der Waals surface area contributed by atoms with Crippen LogP contribution in [0.1, 0.15) is 25.5 Å². The summed E-state index contributed by atoms with van der Waals surface area (Å²) in [4.78, 5) is 6.43. The Bertz CT molecular complexity index is 511. The van der Waals surface area contributed by atoms with E-state index in [1.165, 1.54) is 6.07 Å². The van der Waals surface area contributed by atoms with Gasteiger partial charge in [0.05, 0.1) is 6.04 Å². The van der Waals surface area contributed by atoms with E-state index in [0.29, 0.717) is 12.2 Å². The number of aliphatic imine (C=N–C) groups is 1. The number of hydrogen-bond acceptors (Lipinski definition) is 3. The molecule has 0 radical (unpaired) electrons. The van der Waals surface area contributed by atoms with E-state index >= 15 is 0 Å². The second-order valence-corrected chi connectivity index (χ2v) is 4.45. The molecule has 1 N–H and O–H groups in total. The Morgan fingerprint density at radius 3 is 2.74 bits per heavy atom. The molecule has 2 rings (SSSR count). The summed E-state index contributed by atoms with van der Waals surface area (Å²) >= 11 is 0. The molecule has 1 aliphatic heterocycles. The molecule has 1 unspecified atom stereocenters. The Morgan fingerprint density at radius 1 is 1.37 bits per heavy atom. The van der Waals surface area contributed by atoms with E-state index < -0.39 is 11.6 Å². The normalized spacial score (nSPS) is 16.2. The number of hydrogen-bond donors (Lipinski definition) is 1. The van der Waals surface area contributed by atoms with Crippen molar-refractivity contribution in [3.8, 4) is 0 Å². The van der Waals surface area contributed by atoms with Crippen LogP contribution in [-0.2, 0) is 0 Å². The quantitative estimate of drug-likeness (QED) is 0.910. The van der Waals surface area contributed by atoms with Crippen LogP contribution in [0.2, 0.25) is 0 Å². The van der Waals surface area contributed by atoms with Gasteiger partial charge in [-0.25, -0.2) is 13.8 Å². The van der Waals surface area contributed by atoms with E-state index in [0.717, 1.165) is 18.4 Å². The van der Waals surface area contributed by atoms with Gasteiger partial charge < -0.3 is 10.2 Å². The Hall–Kier alpha value is -1.91. The van der Waals surface area contributed by atoms with E-state index in [1.54, 1.807) is 6.07 Å². The van der Waals surface area contributed by atoms with Crippen LogP contribution >= 0.6 is 0 Å². The van der Waals surface area contributed by atoms with Crippen molar-refractivity contribution in [1.82, 2.24) is 10.2 Å². The lowest BCUT2D eigenvalue weighted by Gasteiger charge is -2.22. The lowest BCUT2D eigenvalue weighted by molar-refractivity contribution is 0.404. The molecule has 102 valence electrons. The fraction of sp³-hybridized carbons (Fsp3) is 0.357. The van der Waals surface area contributed by atoms with Gasteiger partial charge in [0.25, 0.3) is 0 Å². The van der Waals surface area contributed by atoms with Gasteiger partial charge in [-0.15, -0.1) is 0 Å². The smallest absolute Gasteiger partial charge is 0.159 e. The van der Waals surface area contributed by atoms with Crippen molar-refractivity contribution in [3.63, 3.8) is 0 Å². The highest BCUT2D eigenvalue weighted by atomic mass is 19.2. The molecule has 0 bridgehead atoms. The van der Waals surface area contributed by atoms with Crippen LogP contribution in [0.4, 0.5) is 8.78 Å². The van der Waals surface area contributed by atoms with Crippen LogP contribution in [-0.4, -0.2) is 23.9 Å². The molecule has 0 aromatic heterocycles. The topological polar surface area (TPSA) is 27.6 Å². The van der Waals surface area contributed by atoms with Crippen LogP contribution in [0.5, 0.6) is 0 Å². The molecule has 3 nitrogen and oxygen atoms in total. The van der Waals surface area contributed by atoms with Crippen molar-refractivity contribution in [1.29, 1.82) is 0 Å². The molecule has 5 heteroatoms. The molecule has 1 heterocycles. The minimum Gasteiger partial charge on any atom is -0.364 e. The van der Waals surface area contributed by atoms with E-state index in [2.05, 4.69) is 22.1 Å². The molecule has 1 atom stereocenters. The number of nitrogens with one attached hydrogen (secondary N) is 1. The molecule has 19 heavy (non-hydrogen) atoms. The number of amidine groups is 1. The predicted molar refractivity (Wildman–Crippen MR) is 71.7 cm³/mol. The van der Waals surface area contributed by atoms with Crippen molar-refractivity contribution in [2.24, 2.45) is 4.99 Å². The van der Waals surface area contributed by atoms with Crippen LogP contribution < -0.4 is 5.32 Å². The monoisotopic (exact) mass is 265 g/mol. The summed E-state index contributed by atoms with van der Waals surface area (Å²) in [6.45, 7) is 5.46. The average Bonchev–Trinajstić information content (AvgIpc) is 2.42. The Kier molecular flexibility index (Phi) is 4.14.